The molecule has 142 valence electrons. The fourth-order valence-corrected chi connectivity index (χ4v) is 3.83. The highest BCUT2D eigenvalue weighted by Gasteiger charge is 2.48. The quantitative estimate of drug-likeness (QED) is 0.591. The smallest absolute Gasteiger partial charge is 0.233 e. The summed E-state index contributed by atoms with van der Waals surface area (Å²) in [6, 6.07) is 25.8. The molecule has 1 fully saturated rings. The van der Waals surface area contributed by atoms with Crippen LogP contribution in [0.25, 0.3) is 0 Å². The van der Waals surface area contributed by atoms with E-state index in [4.69, 9.17) is 9.47 Å². The van der Waals surface area contributed by atoms with Crippen molar-refractivity contribution in [2.75, 3.05) is 19.1 Å². The van der Waals surface area contributed by atoms with E-state index in [0.717, 1.165) is 29.2 Å². The summed E-state index contributed by atoms with van der Waals surface area (Å²) in [6.07, 6.45) is 0.725. The number of ether oxygens (including phenoxy) is 2. The number of β-lactam (4-membered cyclic amide) rings is 1. The van der Waals surface area contributed by atoms with E-state index in [9.17, 15) is 4.79 Å². The number of rotatable bonds is 6. The van der Waals surface area contributed by atoms with Gasteiger partial charge in [0.25, 0.3) is 0 Å². The third-order valence-electron chi connectivity index (χ3n) is 5.32. The van der Waals surface area contributed by atoms with Gasteiger partial charge in [0.2, 0.25) is 5.91 Å². The van der Waals surface area contributed by atoms with Gasteiger partial charge in [-0.15, -0.1) is 0 Å². The maximum atomic E-state index is 13.1. The molecule has 1 aliphatic rings. The molecule has 3 aromatic rings. The number of carbonyl (C=O) groups excluding carboxylic acids is 1. The Kier molecular flexibility index (Phi) is 5.02. The molecule has 2 atom stereocenters. The van der Waals surface area contributed by atoms with Crippen molar-refractivity contribution in [1.29, 1.82) is 0 Å². The first-order chi connectivity index (χ1) is 13.7. The number of amides is 1. The van der Waals surface area contributed by atoms with Crippen LogP contribution in [0, 0.1) is 5.92 Å². The summed E-state index contributed by atoms with van der Waals surface area (Å²) < 4.78 is 10.5. The molecule has 3 aromatic carbocycles. The maximum absolute atomic E-state index is 13.1. The average molecular weight is 373 g/mol. The first-order valence-electron chi connectivity index (χ1n) is 9.36. The Morgan fingerprint density at radius 2 is 1.36 bits per heavy atom. The molecule has 0 N–H and O–H groups in total. The second-order valence-electron chi connectivity index (χ2n) is 6.92. The lowest BCUT2D eigenvalue weighted by atomic mass is 9.78. The lowest BCUT2D eigenvalue weighted by Crippen LogP contribution is -2.56. The number of methoxy groups -OCH3 is 2. The van der Waals surface area contributed by atoms with Gasteiger partial charge in [0.15, 0.2) is 0 Å². The number of hydrogen-bond acceptors (Lipinski definition) is 3. The molecule has 4 rings (SSSR count). The van der Waals surface area contributed by atoms with Crippen molar-refractivity contribution < 1.29 is 14.3 Å². The topological polar surface area (TPSA) is 38.8 Å². The third-order valence-corrected chi connectivity index (χ3v) is 5.32. The van der Waals surface area contributed by atoms with Crippen molar-refractivity contribution in [2.24, 2.45) is 5.92 Å². The van der Waals surface area contributed by atoms with Gasteiger partial charge in [-0.3, -0.25) is 4.79 Å². The van der Waals surface area contributed by atoms with E-state index in [-0.39, 0.29) is 17.9 Å². The predicted octanol–water partition coefficient (Wildman–Crippen LogP) is 4.65. The van der Waals surface area contributed by atoms with Crippen LogP contribution in [0.2, 0.25) is 0 Å². The van der Waals surface area contributed by atoms with E-state index in [2.05, 4.69) is 12.1 Å². The van der Waals surface area contributed by atoms with Crippen LogP contribution >= 0.6 is 0 Å². The zero-order valence-corrected chi connectivity index (χ0v) is 16.0. The van der Waals surface area contributed by atoms with Gasteiger partial charge in [0.05, 0.1) is 26.2 Å². The normalized spacial score (nSPS) is 18.5. The summed E-state index contributed by atoms with van der Waals surface area (Å²) in [6.45, 7) is 0. The summed E-state index contributed by atoms with van der Waals surface area (Å²) in [7, 11) is 3.30. The van der Waals surface area contributed by atoms with E-state index < -0.39 is 0 Å². The van der Waals surface area contributed by atoms with Crippen LogP contribution in [-0.4, -0.2) is 20.1 Å². The third kappa shape index (κ3) is 3.33. The largest absolute Gasteiger partial charge is 0.497 e. The molecule has 1 aliphatic heterocycles. The highest BCUT2D eigenvalue weighted by atomic mass is 16.5. The van der Waals surface area contributed by atoms with Crippen LogP contribution in [0.5, 0.6) is 11.5 Å². The van der Waals surface area contributed by atoms with Gasteiger partial charge in [-0.2, -0.15) is 0 Å². The fraction of sp³-hybridized carbons (Fsp3) is 0.208. The Balaban J connectivity index is 1.67. The molecule has 0 spiro atoms. The SMILES string of the molecule is COc1ccc([C@@H]2[C@@H](Cc3ccccc3)C(=O)N2c2ccc(OC)cc2)cc1. The summed E-state index contributed by atoms with van der Waals surface area (Å²) >= 11 is 0. The minimum Gasteiger partial charge on any atom is -0.497 e. The highest BCUT2D eigenvalue weighted by molar-refractivity contribution is 6.03. The van der Waals surface area contributed by atoms with Crippen LogP contribution in [0.1, 0.15) is 17.2 Å². The molecule has 0 aliphatic carbocycles. The molecule has 4 nitrogen and oxygen atoms in total. The van der Waals surface area contributed by atoms with Gasteiger partial charge >= 0.3 is 0 Å². The summed E-state index contributed by atoms with van der Waals surface area (Å²) in [5.74, 6) is 1.65. The zero-order valence-electron chi connectivity index (χ0n) is 16.0. The van der Waals surface area contributed by atoms with Gasteiger partial charge < -0.3 is 14.4 Å². The molecule has 28 heavy (non-hydrogen) atoms. The number of benzene rings is 3. The molecule has 1 amide bonds. The van der Waals surface area contributed by atoms with Gasteiger partial charge in [-0.1, -0.05) is 42.5 Å². The van der Waals surface area contributed by atoms with Gasteiger partial charge in [-0.25, -0.2) is 0 Å². The molecule has 1 saturated heterocycles. The minimum absolute atomic E-state index is 0.00740. The molecule has 0 saturated carbocycles. The van der Waals surface area contributed by atoms with Crippen LogP contribution in [0.3, 0.4) is 0 Å². The van der Waals surface area contributed by atoms with Crippen molar-refractivity contribution in [3.8, 4) is 11.5 Å². The van der Waals surface area contributed by atoms with Crippen LogP contribution in [0.4, 0.5) is 5.69 Å². The first-order valence-corrected chi connectivity index (χ1v) is 9.36. The lowest BCUT2D eigenvalue weighted by Gasteiger charge is -2.47. The summed E-state index contributed by atoms with van der Waals surface area (Å²) in [4.78, 5) is 15.0. The van der Waals surface area contributed by atoms with Crippen molar-refractivity contribution in [1.82, 2.24) is 0 Å². The second kappa shape index (κ2) is 7.77. The monoisotopic (exact) mass is 373 g/mol. The Hall–Kier alpha value is -3.27. The lowest BCUT2D eigenvalue weighted by molar-refractivity contribution is -0.130. The maximum Gasteiger partial charge on any atom is 0.233 e. The second-order valence-corrected chi connectivity index (χ2v) is 6.92. The van der Waals surface area contributed by atoms with E-state index in [1.165, 1.54) is 5.56 Å². The first kappa shape index (κ1) is 18.1. The highest BCUT2D eigenvalue weighted by Crippen LogP contribution is 2.45. The Labute approximate surface area is 165 Å². The molecule has 0 unspecified atom stereocenters. The molecule has 4 heteroatoms. The van der Waals surface area contributed by atoms with Crippen molar-refractivity contribution in [2.45, 2.75) is 12.5 Å². The number of nitrogens with zero attached hydrogens (tertiary/aromatic N) is 1. The van der Waals surface area contributed by atoms with E-state index in [0.29, 0.717) is 0 Å². The van der Waals surface area contributed by atoms with Crippen molar-refractivity contribution in [3.05, 3.63) is 90.0 Å². The van der Waals surface area contributed by atoms with E-state index in [1.54, 1.807) is 14.2 Å². The van der Waals surface area contributed by atoms with Gasteiger partial charge in [0.1, 0.15) is 11.5 Å². The fourth-order valence-electron chi connectivity index (χ4n) is 3.83. The Morgan fingerprint density at radius 1 is 0.786 bits per heavy atom. The van der Waals surface area contributed by atoms with Crippen LogP contribution in [-0.2, 0) is 11.2 Å². The number of anilines is 1. The molecule has 1 heterocycles. The standard InChI is InChI=1S/C24H23NO3/c1-27-20-12-8-18(9-13-20)23-22(16-17-6-4-3-5-7-17)24(26)25(23)19-10-14-21(28-2)15-11-19/h3-15,22-23H,16H2,1-2H3/t22-,23-/m1/s1. The van der Waals surface area contributed by atoms with Crippen molar-refractivity contribution >= 4 is 11.6 Å². The molecule has 0 bridgehead atoms. The number of carbonyl (C=O) groups is 1. The van der Waals surface area contributed by atoms with Crippen LogP contribution in [0.15, 0.2) is 78.9 Å². The van der Waals surface area contributed by atoms with Crippen LogP contribution < -0.4 is 14.4 Å². The molecular formula is C24H23NO3. The minimum atomic E-state index is -0.0853. The van der Waals surface area contributed by atoms with Gasteiger partial charge in [-0.05, 0) is 53.9 Å². The van der Waals surface area contributed by atoms with E-state index >= 15 is 0 Å². The van der Waals surface area contributed by atoms with Gasteiger partial charge in [0, 0.05) is 5.69 Å². The molecule has 0 aromatic heterocycles. The molecular weight excluding hydrogens is 350 g/mol. The Morgan fingerprint density at radius 3 is 1.93 bits per heavy atom. The number of hydrogen-bond donors (Lipinski definition) is 0. The summed E-state index contributed by atoms with van der Waals surface area (Å²) in [5.41, 5.74) is 3.17. The average Bonchev–Trinajstić information content (AvgIpc) is 2.76. The predicted molar refractivity (Wildman–Crippen MR) is 110 cm³/mol. The Bertz CT molecular complexity index is 936. The molecule has 0 radical (unpaired) electrons. The van der Waals surface area contributed by atoms with Crippen molar-refractivity contribution in [3.63, 3.8) is 0 Å². The zero-order chi connectivity index (χ0) is 19.5. The summed E-state index contributed by atoms with van der Waals surface area (Å²) in [5, 5.41) is 0. The van der Waals surface area contributed by atoms with E-state index in [1.807, 2.05) is 71.6 Å².